The molecule has 1 aliphatic heterocycles. The van der Waals surface area contributed by atoms with Crippen LogP contribution in [-0.4, -0.2) is 46.9 Å². The van der Waals surface area contributed by atoms with Crippen LogP contribution in [0.1, 0.15) is 34.3 Å². The van der Waals surface area contributed by atoms with Gasteiger partial charge in [0.25, 0.3) is 0 Å². The zero-order valence-corrected chi connectivity index (χ0v) is 14.7. The lowest BCUT2D eigenvalue weighted by Crippen LogP contribution is -2.48. The Morgan fingerprint density at radius 1 is 1.22 bits per heavy atom. The molecular weight excluding hydrogens is 326 g/mol. The molecule has 3 heterocycles. The normalized spacial score (nSPS) is 19.2. The molecule has 2 aromatic heterocycles. The molecule has 0 spiro atoms. The van der Waals surface area contributed by atoms with Crippen molar-refractivity contribution in [1.29, 1.82) is 0 Å². The van der Waals surface area contributed by atoms with E-state index in [-0.39, 0.29) is 5.91 Å². The van der Waals surface area contributed by atoms with Crippen LogP contribution in [0.15, 0.2) is 22.9 Å². The Hall–Kier alpha value is -1.24. The summed E-state index contributed by atoms with van der Waals surface area (Å²) in [6.07, 6.45) is 3.18. The van der Waals surface area contributed by atoms with Crippen LogP contribution in [0, 0.1) is 0 Å². The van der Waals surface area contributed by atoms with Crippen LogP contribution >= 0.6 is 22.7 Å². The number of carbonyl (C=O) groups is 1. The van der Waals surface area contributed by atoms with Crippen LogP contribution in [-0.2, 0) is 17.8 Å². The molecule has 6 heteroatoms. The van der Waals surface area contributed by atoms with Crippen LogP contribution < -0.4 is 0 Å². The van der Waals surface area contributed by atoms with Gasteiger partial charge in [-0.25, -0.2) is 4.98 Å². The maximum Gasteiger partial charge on any atom is 0.227 e. The third kappa shape index (κ3) is 3.82. The first-order valence-corrected chi connectivity index (χ1v) is 10.0. The summed E-state index contributed by atoms with van der Waals surface area (Å²) in [5, 5.41) is 5.49. The fourth-order valence-electron chi connectivity index (χ4n) is 2.99. The van der Waals surface area contributed by atoms with Gasteiger partial charge in [0.05, 0.1) is 18.7 Å². The molecule has 2 fully saturated rings. The molecule has 122 valence electrons. The van der Waals surface area contributed by atoms with Crippen molar-refractivity contribution in [2.24, 2.45) is 0 Å². The highest BCUT2D eigenvalue weighted by Crippen LogP contribution is 2.40. The summed E-state index contributed by atoms with van der Waals surface area (Å²) in [7, 11) is 0. The fourth-order valence-corrected chi connectivity index (χ4v) is 4.60. The first-order chi connectivity index (χ1) is 11.3. The lowest BCUT2D eigenvalue weighted by atomic mass is 10.2. The van der Waals surface area contributed by atoms with Gasteiger partial charge in [0.2, 0.25) is 5.91 Å². The molecule has 23 heavy (non-hydrogen) atoms. The first kappa shape index (κ1) is 15.3. The lowest BCUT2D eigenvalue weighted by molar-refractivity contribution is -0.132. The molecular formula is C17H21N3OS2. The second-order valence-electron chi connectivity index (χ2n) is 6.35. The molecule has 0 N–H and O–H groups in total. The maximum absolute atomic E-state index is 12.3. The molecule has 4 rings (SSSR count). The van der Waals surface area contributed by atoms with E-state index in [2.05, 4.69) is 10.3 Å². The Labute approximate surface area is 144 Å². The van der Waals surface area contributed by atoms with Crippen LogP contribution in [0.5, 0.6) is 0 Å². The predicted octanol–water partition coefficient (Wildman–Crippen LogP) is 2.97. The largest absolute Gasteiger partial charge is 0.340 e. The van der Waals surface area contributed by atoms with Crippen molar-refractivity contribution in [3.8, 4) is 0 Å². The molecule has 0 aromatic carbocycles. The van der Waals surface area contributed by atoms with Crippen LogP contribution in [0.3, 0.4) is 0 Å². The van der Waals surface area contributed by atoms with E-state index in [0.29, 0.717) is 6.42 Å². The molecule has 2 aliphatic rings. The Morgan fingerprint density at radius 3 is 2.74 bits per heavy atom. The molecule has 0 unspecified atom stereocenters. The maximum atomic E-state index is 12.3. The van der Waals surface area contributed by atoms with Crippen molar-refractivity contribution in [3.63, 3.8) is 0 Å². The summed E-state index contributed by atoms with van der Waals surface area (Å²) in [5.41, 5.74) is 1.30. The average molecular weight is 348 g/mol. The van der Waals surface area contributed by atoms with Gasteiger partial charge in [-0.1, -0.05) is 6.07 Å². The van der Waals surface area contributed by atoms with Gasteiger partial charge in [-0.15, -0.1) is 22.7 Å². The molecule has 4 nitrogen and oxygen atoms in total. The van der Waals surface area contributed by atoms with Gasteiger partial charge in [-0.3, -0.25) is 9.69 Å². The monoisotopic (exact) mass is 347 g/mol. The number of nitrogens with zero attached hydrogens (tertiary/aromatic N) is 3. The summed E-state index contributed by atoms with van der Waals surface area (Å²) in [4.78, 5) is 22.7. The molecule has 1 amide bonds. The Bertz CT molecular complexity index is 655. The van der Waals surface area contributed by atoms with Crippen molar-refractivity contribution in [2.45, 2.75) is 31.7 Å². The number of thiophene rings is 1. The van der Waals surface area contributed by atoms with E-state index >= 15 is 0 Å². The van der Waals surface area contributed by atoms with Crippen LogP contribution in [0.4, 0.5) is 0 Å². The van der Waals surface area contributed by atoms with Crippen molar-refractivity contribution < 1.29 is 4.79 Å². The van der Waals surface area contributed by atoms with Gasteiger partial charge < -0.3 is 4.90 Å². The smallest absolute Gasteiger partial charge is 0.227 e. The van der Waals surface area contributed by atoms with Gasteiger partial charge in [0, 0.05) is 42.4 Å². The number of piperazine rings is 1. The predicted molar refractivity (Wildman–Crippen MR) is 94.0 cm³/mol. The number of thiazole rings is 1. The summed E-state index contributed by atoms with van der Waals surface area (Å²) < 4.78 is 0. The quantitative estimate of drug-likeness (QED) is 0.834. The first-order valence-electron chi connectivity index (χ1n) is 8.25. The Morgan fingerprint density at radius 2 is 2.04 bits per heavy atom. The summed E-state index contributed by atoms with van der Waals surface area (Å²) in [6.45, 7) is 4.52. The third-order valence-electron chi connectivity index (χ3n) is 4.55. The summed E-state index contributed by atoms with van der Waals surface area (Å²) in [5.74, 6) is 1.00. The van der Waals surface area contributed by atoms with E-state index in [1.165, 1.54) is 23.5 Å². The molecule has 2 aromatic rings. The van der Waals surface area contributed by atoms with E-state index in [4.69, 9.17) is 4.98 Å². The molecule has 0 bridgehead atoms. The number of amides is 1. The fraction of sp³-hybridized carbons (Fsp3) is 0.529. The number of carbonyl (C=O) groups excluding carboxylic acids is 1. The van der Waals surface area contributed by atoms with Crippen molar-refractivity contribution in [2.75, 3.05) is 26.2 Å². The van der Waals surface area contributed by atoms with E-state index in [1.807, 2.05) is 22.4 Å². The molecule has 0 atom stereocenters. The molecule has 0 radical (unpaired) electrons. The lowest BCUT2D eigenvalue weighted by Gasteiger charge is -2.34. The van der Waals surface area contributed by atoms with Crippen LogP contribution in [0.2, 0.25) is 0 Å². The van der Waals surface area contributed by atoms with E-state index in [9.17, 15) is 4.79 Å². The van der Waals surface area contributed by atoms with Gasteiger partial charge in [-0.05, 0) is 24.3 Å². The zero-order valence-electron chi connectivity index (χ0n) is 13.1. The van der Waals surface area contributed by atoms with E-state index < -0.39 is 0 Å². The zero-order chi connectivity index (χ0) is 15.6. The highest BCUT2D eigenvalue weighted by Gasteiger charge is 2.27. The summed E-state index contributed by atoms with van der Waals surface area (Å²) in [6, 6.07) is 4.05. The average Bonchev–Trinajstić information content (AvgIpc) is 3.09. The number of hydrogen-bond acceptors (Lipinski definition) is 5. The van der Waals surface area contributed by atoms with Gasteiger partial charge in [0.1, 0.15) is 5.01 Å². The molecule has 1 aliphatic carbocycles. The van der Waals surface area contributed by atoms with Crippen molar-refractivity contribution >= 4 is 28.6 Å². The Balaban J connectivity index is 1.25. The highest BCUT2D eigenvalue weighted by molar-refractivity contribution is 7.10. The van der Waals surface area contributed by atoms with Gasteiger partial charge >= 0.3 is 0 Å². The van der Waals surface area contributed by atoms with E-state index in [0.717, 1.165) is 43.5 Å². The molecule has 1 saturated heterocycles. The van der Waals surface area contributed by atoms with Gasteiger partial charge in [0.15, 0.2) is 0 Å². The number of rotatable bonds is 5. The minimum atomic E-state index is 0.261. The van der Waals surface area contributed by atoms with Crippen molar-refractivity contribution in [1.82, 2.24) is 14.8 Å². The SMILES string of the molecule is O=C(Cc1cccs1)N1CCN(Cc2nc(C3CC3)cs2)CC1. The number of hydrogen-bond donors (Lipinski definition) is 0. The number of aromatic nitrogens is 1. The van der Waals surface area contributed by atoms with Gasteiger partial charge in [-0.2, -0.15) is 0 Å². The molecule has 1 saturated carbocycles. The third-order valence-corrected chi connectivity index (χ3v) is 6.28. The Kier molecular flexibility index (Phi) is 4.46. The summed E-state index contributed by atoms with van der Waals surface area (Å²) >= 11 is 3.45. The second kappa shape index (κ2) is 6.71. The van der Waals surface area contributed by atoms with Crippen molar-refractivity contribution in [3.05, 3.63) is 38.5 Å². The van der Waals surface area contributed by atoms with E-state index in [1.54, 1.807) is 22.7 Å². The standard InChI is InChI=1S/C17H21N3OS2/c21-17(10-14-2-1-9-22-14)20-7-5-19(6-8-20)11-16-18-15(12-23-16)13-3-4-13/h1-2,9,12-13H,3-8,10-11H2. The second-order valence-corrected chi connectivity index (χ2v) is 8.33. The minimum Gasteiger partial charge on any atom is -0.340 e. The topological polar surface area (TPSA) is 36.4 Å². The van der Waals surface area contributed by atoms with Crippen LogP contribution in [0.25, 0.3) is 0 Å². The minimum absolute atomic E-state index is 0.261. The highest BCUT2D eigenvalue weighted by atomic mass is 32.1.